The molecule has 0 fully saturated rings. The van der Waals surface area contributed by atoms with E-state index in [4.69, 9.17) is 9.40 Å². The number of fused-ring (bicyclic) bond motifs is 3. The zero-order chi connectivity index (χ0) is 31.4. The maximum Gasteiger partial charge on any atom is 0 e. The summed E-state index contributed by atoms with van der Waals surface area (Å²) in [5, 5.41) is 2.25. The first kappa shape index (κ1) is 34.8. The van der Waals surface area contributed by atoms with Crippen molar-refractivity contribution in [3.8, 4) is 22.5 Å². The Morgan fingerprint density at radius 3 is 2.22 bits per heavy atom. The average molecular weight is 834 g/mol. The normalized spacial score (nSPS) is 12.2. The van der Waals surface area contributed by atoms with Crippen molar-refractivity contribution in [1.82, 2.24) is 9.97 Å². The second-order valence-electron chi connectivity index (χ2n) is 13.6. The van der Waals surface area contributed by atoms with Crippen molar-refractivity contribution in [3.05, 3.63) is 115 Å². The van der Waals surface area contributed by atoms with Crippen LogP contribution in [-0.4, -0.2) is 23.2 Å². The maximum atomic E-state index is 6.11. The number of furan rings is 1. The van der Waals surface area contributed by atoms with Crippen molar-refractivity contribution in [2.24, 2.45) is 11.8 Å². The van der Waals surface area contributed by atoms with Crippen molar-refractivity contribution in [2.45, 2.75) is 64.2 Å². The van der Waals surface area contributed by atoms with Crippen LogP contribution in [0.1, 0.15) is 51.7 Å². The van der Waals surface area contributed by atoms with E-state index in [1.54, 1.807) is 4.40 Å². The van der Waals surface area contributed by atoms with E-state index in [1.165, 1.54) is 11.1 Å². The summed E-state index contributed by atoms with van der Waals surface area (Å²) in [7, 11) is 0. The van der Waals surface area contributed by atoms with Crippen molar-refractivity contribution < 1.29 is 24.5 Å². The quantitative estimate of drug-likeness (QED) is 0.119. The predicted molar refractivity (Wildman–Crippen MR) is 189 cm³/mol. The first-order valence-electron chi connectivity index (χ1n) is 15.8. The van der Waals surface area contributed by atoms with Crippen molar-refractivity contribution >= 4 is 39.6 Å². The Kier molecular flexibility index (Phi) is 11.6. The molecule has 0 saturated carbocycles. The molecule has 6 aromatic rings. The summed E-state index contributed by atoms with van der Waals surface area (Å²) in [6.45, 7) is 11.3. The molecule has 0 aliphatic carbocycles. The Bertz CT molecular complexity index is 1850. The van der Waals surface area contributed by atoms with Gasteiger partial charge in [-0.3, -0.25) is 0 Å². The van der Waals surface area contributed by atoms with Crippen LogP contribution in [0.3, 0.4) is 0 Å². The zero-order valence-corrected chi connectivity index (χ0v) is 32.2. The summed E-state index contributed by atoms with van der Waals surface area (Å²) in [5.41, 5.74) is 8.56. The minimum atomic E-state index is -1.86. The molecule has 1 atom stereocenters. The number of para-hydroxylation sites is 1. The van der Waals surface area contributed by atoms with Gasteiger partial charge < -0.3 is 9.40 Å². The molecule has 3 nitrogen and oxygen atoms in total. The molecule has 3 aromatic carbocycles. The van der Waals surface area contributed by atoms with Crippen LogP contribution in [0.4, 0.5) is 0 Å². The van der Waals surface area contributed by atoms with E-state index in [-0.39, 0.29) is 20.1 Å². The Morgan fingerprint density at radius 2 is 1.53 bits per heavy atom. The molecule has 6 rings (SSSR count). The van der Waals surface area contributed by atoms with Gasteiger partial charge in [0.2, 0.25) is 0 Å². The fraction of sp³-hybridized carbons (Fsp3) is 0.300. The smallest absolute Gasteiger partial charge is 0 e. The average Bonchev–Trinajstić information content (AvgIpc) is 3.39. The number of rotatable bonds is 7. The Labute approximate surface area is 285 Å². The SMILES string of the molecule is CC(C)C(C)c1ccnc(-c2[c-]ccc3c2oc2ccccc23)c1.CC(C)Cc1cc(-c2[c-]cccc2)nc[c]1[Ge]([CH3])([CH3])[CH3].[Ir]. The van der Waals surface area contributed by atoms with Crippen LogP contribution >= 0.6 is 0 Å². The van der Waals surface area contributed by atoms with E-state index in [9.17, 15) is 0 Å². The van der Waals surface area contributed by atoms with Crippen LogP contribution in [0.2, 0.25) is 17.3 Å². The van der Waals surface area contributed by atoms with Gasteiger partial charge in [0.1, 0.15) is 5.58 Å². The van der Waals surface area contributed by atoms with Crippen LogP contribution < -0.4 is 4.40 Å². The second kappa shape index (κ2) is 15.0. The first-order valence-corrected chi connectivity index (χ1v) is 23.1. The zero-order valence-electron chi connectivity index (χ0n) is 27.7. The third-order valence-corrected chi connectivity index (χ3v) is 12.7. The Morgan fingerprint density at radius 1 is 0.778 bits per heavy atom. The van der Waals surface area contributed by atoms with Gasteiger partial charge in [-0.1, -0.05) is 61.5 Å². The monoisotopic (exact) mass is 835 g/mol. The minimum Gasteiger partial charge on any atom is 0 e. The molecule has 0 spiro atoms. The number of hydrogen-bond donors (Lipinski definition) is 0. The standard InChI is InChI=1S/C22H20NO.C18H24GeN.Ir/c1-14(2)15(3)16-11-12-23-20(13-16)19-9-6-8-18-17-7-4-5-10-21(17)24-22(18)19;1-14(2)11-16-12-18(15-9-7-6-8-10-15)20-13-17(16)19(3,4)5;/h4-8,10-15H,1-3H3;6-9,12-14H,11H2,1-5H3;/q2*-1;. The summed E-state index contributed by atoms with van der Waals surface area (Å²) >= 11 is -1.86. The summed E-state index contributed by atoms with van der Waals surface area (Å²) in [4.78, 5) is 9.28. The van der Waals surface area contributed by atoms with Crippen LogP contribution in [0.15, 0.2) is 95.7 Å². The molecule has 0 N–H and O–H groups in total. The number of nitrogens with zero attached hydrogens (tertiary/aromatic N) is 2. The van der Waals surface area contributed by atoms with E-state index >= 15 is 0 Å². The first-order chi connectivity index (χ1) is 21.0. The predicted octanol–water partition coefficient (Wildman–Crippen LogP) is 10.5. The van der Waals surface area contributed by atoms with Crippen LogP contribution in [0, 0.1) is 24.0 Å². The molecule has 1 unspecified atom stereocenters. The van der Waals surface area contributed by atoms with Gasteiger partial charge in [-0.15, -0.1) is 18.2 Å². The third-order valence-electron chi connectivity index (χ3n) is 8.32. The second-order valence-corrected chi connectivity index (χ2v) is 24.1. The van der Waals surface area contributed by atoms with Crippen molar-refractivity contribution in [2.75, 3.05) is 0 Å². The van der Waals surface area contributed by atoms with E-state index in [0.717, 1.165) is 50.9 Å². The number of benzene rings is 3. The minimum absolute atomic E-state index is 0. The van der Waals surface area contributed by atoms with Crippen LogP contribution in [-0.2, 0) is 26.5 Å². The Balaban J connectivity index is 0.000000204. The molecule has 0 aliphatic heterocycles. The van der Waals surface area contributed by atoms with Gasteiger partial charge >= 0.3 is 126 Å². The molecule has 5 heteroatoms. The van der Waals surface area contributed by atoms with Crippen molar-refractivity contribution in [1.29, 1.82) is 0 Å². The molecule has 1 radical (unpaired) electrons. The number of hydrogen-bond acceptors (Lipinski definition) is 3. The van der Waals surface area contributed by atoms with Gasteiger partial charge in [-0.25, -0.2) is 0 Å². The fourth-order valence-corrected chi connectivity index (χ4v) is 8.95. The molecule has 0 aliphatic rings. The van der Waals surface area contributed by atoms with Gasteiger partial charge in [0.15, 0.2) is 0 Å². The van der Waals surface area contributed by atoms with Gasteiger partial charge in [0.25, 0.3) is 0 Å². The maximum absolute atomic E-state index is 6.11. The summed E-state index contributed by atoms with van der Waals surface area (Å²) in [6, 6.07) is 33.4. The van der Waals surface area contributed by atoms with E-state index in [2.05, 4.69) is 112 Å². The molecule has 45 heavy (non-hydrogen) atoms. The van der Waals surface area contributed by atoms with Crippen molar-refractivity contribution in [3.63, 3.8) is 0 Å². The molecule has 0 bridgehead atoms. The Hall–Kier alpha value is -3.05. The summed E-state index contributed by atoms with van der Waals surface area (Å²) in [6.07, 6.45) is 5.16. The van der Waals surface area contributed by atoms with Gasteiger partial charge in [-0.2, -0.15) is 0 Å². The van der Waals surface area contributed by atoms with Gasteiger partial charge in [0, 0.05) is 31.7 Å². The summed E-state index contributed by atoms with van der Waals surface area (Å²) in [5.74, 6) is 9.07. The molecular formula is C40H44GeIrN2O-2. The van der Waals surface area contributed by atoms with E-state index < -0.39 is 13.3 Å². The van der Waals surface area contributed by atoms with E-state index in [0.29, 0.717) is 17.8 Å². The molecular weight excluding hydrogens is 789 g/mol. The summed E-state index contributed by atoms with van der Waals surface area (Å²) < 4.78 is 7.65. The third kappa shape index (κ3) is 8.22. The molecule has 3 aromatic heterocycles. The van der Waals surface area contributed by atoms with E-state index in [1.807, 2.05) is 48.7 Å². The molecule has 0 saturated heterocycles. The largest absolute Gasteiger partial charge is 0 e. The van der Waals surface area contributed by atoms with Crippen LogP contribution in [0.25, 0.3) is 44.5 Å². The van der Waals surface area contributed by atoms with Gasteiger partial charge in [-0.05, 0) is 29.7 Å². The molecule has 235 valence electrons. The molecule has 3 heterocycles. The van der Waals surface area contributed by atoms with Crippen LogP contribution in [0.5, 0.6) is 0 Å². The molecule has 0 amide bonds. The number of pyridine rings is 2. The number of aromatic nitrogens is 2. The topological polar surface area (TPSA) is 38.9 Å². The van der Waals surface area contributed by atoms with Gasteiger partial charge in [0.05, 0.1) is 5.58 Å². The fourth-order valence-electron chi connectivity index (χ4n) is 5.61.